The Balaban J connectivity index is 2.33. The summed E-state index contributed by atoms with van der Waals surface area (Å²) in [6.45, 7) is 3.59. The fraction of sp³-hybridized carbons (Fsp3) is 0.364. The third kappa shape index (κ3) is 4.83. The van der Waals surface area contributed by atoms with Crippen LogP contribution in [0.15, 0.2) is 28.7 Å². The van der Waals surface area contributed by atoms with Crippen LogP contribution < -0.4 is 10.6 Å². The van der Waals surface area contributed by atoms with Crippen molar-refractivity contribution in [2.45, 2.75) is 19.9 Å². The molecule has 0 saturated heterocycles. The highest BCUT2D eigenvalue weighted by molar-refractivity contribution is 9.10. The average molecular weight is 270 g/mol. The summed E-state index contributed by atoms with van der Waals surface area (Å²) < 4.78 is 1.06. The van der Waals surface area contributed by atoms with Crippen LogP contribution in [0.3, 0.4) is 0 Å². The molecule has 1 aromatic rings. The number of benzene rings is 1. The molecule has 3 nitrogen and oxygen atoms in total. The topological polar surface area (TPSA) is 47.9 Å². The van der Waals surface area contributed by atoms with Crippen molar-refractivity contribution < 1.29 is 0 Å². The molecule has 0 unspecified atom stereocenters. The summed E-state index contributed by atoms with van der Waals surface area (Å²) in [6, 6.07) is 8.05. The molecule has 3 N–H and O–H groups in total. The Labute approximate surface area is 98.9 Å². The number of guanidine groups is 1. The van der Waals surface area contributed by atoms with Gasteiger partial charge in [-0.2, -0.15) is 0 Å². The average Bonchev–Trinajstić information content (AvgIpc) is 2.23. The van der Waals surface area contributed by atoms with Gasteiger partial charge in [0.1, 0.15) is 0 Å². The molecule has 0 radical (unpaired) electrons. The van der Waals surface area contributed by atoms with Gasteiger partial charge in [-0.1, -0.05) is 35.0 Å². The first-order valence-electron chi connectivity index (χ1n) is 5.03. The Hall–Kier alpha value is -1.03. The minimum absolute atomic E-state index is 0.386. The van der Waals surface area contributed by atoms with Gasteiger partial charge < -0.3 is 10.6 Å². The first-order chi connectivity index (χ1) is 7.22. The van der Waals surface area contributed by atoms with Gasteiger partial charge in [0.15, 0.2) is 5.96 Å². The summed E-state index contributed by atoms with van der Waals surface area (Å²) in [5.41, 5.74) is 1.16. The van der Waals surface area contributed by atoms with Gasteiger partial charge in [-0.3, -0.25) is 5.41 Å². The minimum atomic E-state index is 0.386. The van der Waals surface area contributed by atoms with E-state index in [1.807, 2.05) is 24.3 Å². The molecule has 0 bridgehead atoms. The zero-order valence-corrected chi connectivity index (χ0v) is 10.4. The summed E-state index contributed by atoms with van der Waals surface area (Å²) in [4.78, 5) is 0. The van der Waals surface area contributed by atoms with Crippen molar-refractivity contribution in [3.05, 3.63) is 34.3 Å². The van der Waals surface area contributed by atoms with E-state index in [1.54, 1.807) is 0 Å². The third-order valence-corrected chi connectivity index (χ3v) is 2.40. The zero-order valence-electron chi connectivity index (χ0n) is 8.81. The lowest BCUT2D eigenvalue weighted by Gasteiger charge is -2.09. The summed E-state index contributed by atoms with van der Waals surface area (Å²) in [5, 5.41) is 13.6. The smallest absolute Gasteiger partial charge is 0.188 e. The van der Waals surface area contributed by atoms with E-state index in [1.165, 1.54) is 0 Å². The Bertz CT molecular complexity index is 325. The van der Waals surface area contributed by atoms with Gasteiger partial charge in [0.25, 0.3) is 0 Å². The highest BCUT2D eigenvalue weighted by Crippen LogP contribution is 2.10. The number of hydrogen-bond donors (Lipinski definition) is 3. The highest BCUT2D eigenvalue weighted by atomic mass is 79.9. The Morgan fingerprint density at radius 1 is 1.40 bits per heavy atom. The molecule has 0 aliphatic rings. The van der Waals surface area contributed by atoms with E-state index in [4.69, 9.17) is 5.41 Å². The monoisotopic (exact) mass is 269 g/mol. The fourth-order valence-electron chi connectivity index (χ4n) is 1.15. The third-order valence-electron chi connectivity index (χ3n) is 1.91. The van der Waals surface area contributed by atoms with Crippen LogP contribution in [-0.4, -0.2) is 12.5 Å². The van der Waals surface area contributed by atoms with Gasteiger partial charge in [0.05, 0.1) is 0 Å². The number of nitrogens with one attached hydrogen (secondary N) is 3. The van der Waals surface area contributed by atoms with Crippen LogP contribution in [0.25, 0.3) is 0 Å². The van der Waals surface area contributed by atoms with Crippen LogP contribution in [0.5, 0.6) is 0 Å². The van der Waals surface area contributed by atoms with Gasteiger partial charge >= 0.3 is 0 Å². The van der Waals surface area contributed by atoms with Crippen LogP contribution in [-0.2, 0) is 6.54 Å². The van der Waals surface area contributed by atoms with E-state index >= 15 is 0 Å². The number of rotatable bonds is 4. The van der Waals surface area contributed by atoms with Gasteiger partial charge in [-0.05, 0) is 24.1 Å². The molecule has 0 heterocycles. The molecule has 0 aliphatic carbocycles. The van der Waals surface area contributed by atoms with Crippen LogP contribution in [0.2, 0.25) is 0 Å². The van der Waals surface area contributed by atoms with E-state index in [0.717, 1.165) is 23.0 Å². The Kier molecular flexibility index (Phi) is 5.18. The molecule has 1 rings (SSSR count). The molecule has 0 fully saturated rings. The van der Waals surface area contributed by atoms with E-state index in [9.17, 15) is 0 Å². The maximum Gasteiger partial charge on any atom is 0.188 e. The maximum absolute atomic E-state index is 7.56. The summed E-state index contributed by atoms with van der Waals surface area (Å²) in [7, 11) is 0. The molecule has 82 valence electrons. The fourth-order valence-corrected chi connectivity index (χ4v) is 1.60. The van der Waals surface area contributed by atoms with Crippen molar-refractivity contribution >= 4 is 21.9 Å². The van der Waals surface area contributed by atoms with Crippen LogP contribution in [0, 0.1) is 5.41 Å². The van der Waals surface area contributed by atoms with Gasteiger partial charge in [0.2, 0.25) is 0 Å². The van der Waals surface area contributed by atoms with Gasteiger partial charge in [0, 0.05) is 17.6 Å². The van der Waals surface area contributed by atoms with Crippen molar-refractivity contribution in [2.75, 3.05) is 6.54 Å². The lowest BCUT2D eigenvalue weighted by Crippen LogP contribution is -2.36. The number of hydrogen-bond acceptors (Lipinski definition) is 1. The minimum Gasteiger partial charge on any atom is -0.357 e. The number of halogens is 1. The van der Waals surface area contributed by atoms with Crippen molar-refractivity contribution in [2.24, 2.45) is 0 Å². The van der Waals surface area contributed by atoms with Crippen molar-refractivity contribution in [1.29, 1.82) is 5.41 Å². The molecule has 0 spiro atoms. The first-order valence-corrected chi connectivity index (χ1v) is 5.82. The quantitative estimate of drug-likeness (QED) is 0.581. The van der Waals surface area contributed by atoms with Crippen LogP contribution in [0.4, 0.5) is 0 Å². The predicted molar refractivity (Wildman–Crippen MR) is 67.0 cm³/mol. The maximum atomic E-state index is 7.56. The second-order valence-electron chi connectivity index (χ2n) is 3.29. The predicted octanol–water partition coefficient (Wildman–Crippen LogP) is 2.47. The summed E-state index contributed by atoms with van der Waals surface area (Å²) in [6.07, 6.45) is 1.03. The highest BCUT2D eigenvalue weighted by Gasteiger charge is 1.96. The van der Waals surface area contributed by atoms with Crippen LogP contribution in [0.1, 0.15) is 18.9 Å². The molecular weight excluding hydrogens is 254 g/mol. The molecule has 0 atom stereocenters. The van der Waals surface area contributed by atoms with E-state index in [0.29, 0.717) is 12.5 Å². The van der Waals surface area contributed by atoms with Crippen molar-refractivity contribution in [1.82, 2.24) is 10.6 Å². The molecule has 4 heteroatoms. The molecule has 0 aliphatic heterocycles. The Morgan fingerprint density at radius 3 is 2.87 bits per heavy atom. The normalized spacial score (nSPS) is 9.73. The van der Waals surface area contributed by atoms with Crippen molar-refractivity contribution in [3.8, 4) is 0 Å². The lowest BCUT2D eigenvalue weighted by atomic mass is 10.2. The van der Waals surface area contributed by atoms with E-state index in [-0.39, 0.29) is 0 Å². The molecule has 0 amide bonds. The zero-order chi connectivity index (χ0) is 11.1. The van der Waals surface area contributed by atoms with Gasteiger partial charge in [-0.15, -0.1) is 0 Å². The van der Waals surface area contributed by atoms with E-state index < -0.39 is 0 Å². The standard InChI is InChI=1S/C11H16BrN3/c1-2-6-14-11(13)15-8-9-4-3-5-10(12)7-9/h3-5,7H,2,6,8H2,1H3,(H3,13,14,15). The molecular formula is C11H16BrN3. The first kappa shape index (κ1) is 12.0. The molecule has 0 saturated carbocycles. The van der Waals surface area contributed by atoms with E-state index in [2.05, 4.69) is 33.5 Å². The molecule has 0 aromatic heterocycles. The summed E-state index contributed by atoms with van der Waals surface area (Å²) in [5.74, 6) is 0.386. The second-order valence-corrected chi connectivity index (χ2v) is 4.20. The molecule has 1 aromatic carbocycles. The second kappa shape index (κ2) is 6.45. The summed E-state index contributed by atoms with van der Waals surface area (Å²) >= 11 is 3.41. The van der Waals surface area contributed by atoms with Gasteiger partial charge in [-0.25, -0.2) is 0 Å². The SMILES string of the molecule is CCCNC(=N)NCc1cccc(Br)c1. The Morgan fingerprint density at radius 2 is 2.20 bits per heavy atom. The van der Waals surface area contributed by atoms with Crippen molar-refractivity contribution in [3.63, 3.8) is 0 Å². The van der Waals surface area contributed by atoms with Crippen LogP contribution >= 0.6 is 15.9 Å². The largest absolute Gasteiger partial charge is 0.357 e. The molecule has 15 heavy (non-hydrogen) atoms. The lowest BCUT2D eigenvalue weighted by molar-refractivity contribution is 0.777.